The van der Waals surface area contributed by atoms with Gasteiger partial charge in [-0.2, -0.15) is 0 Å². The summed E-state index contributed by atoms with van der Waals surface area (Å²) in [6.07, 6.45) is -0.126. The van der Waals surface area contributed by atoms with Gasteiger partial charge in [-0.15, -0.1) is 0 Å². The summed E-state index contributed by atoms with van der Waals surface area (Å²) in [7, 11) is -3.45. The van der Waals surface area contributed by atoms with Crippen LogP contribution in [0.4, 0.5) is 0 Å². The molecule has 16 heavy (non-hydrogen) atoms. The van der Waals surface area contributed by atoms with Crippen LogP contribution in [-0.2, 0) is 10.0 Å². The molecule has 0 amide bonds. The van der Waals surface area contributed by atoms with Gasteiger partial charge < -0.3 is 10.1 Å². The van der Waals surface area contributed by atoms with E-state index in [9.17, 15) is 8.42 Å². The van der Waals surface area contributed by atoms with E-state index in [0.29, 0.717) is 18.8 Å². The maximum absolute atomic E-state index is 12.0. The Morgan fingerprint density at radius 1 is 1.25 bits per heavy atom. The van der Waals surface area contributed by atoms with Gasteiger partial charge in [0.2, 0.25) is 10.0 Å². The molecule has 2 N–H and O–H groups in total. The zero-order valence-electron chi connectivity index (χ0n) is 8.51. The first-order chi connectivity index (χ1) is 7.67. The second-order valence-electron chi connectivity index (χ2n) is 3.99. The van der Waals surface area contributed by atoms with Crippen molar-refractivity contribution < 1.29 is 13.2 Å². The van der Waals surface area contributed by atoms with Gasteiger partial charge in [0.15, 0.2) is 0 Å². The van der Waals surface area contributed by atoms with Crippen molar-refractivity contribution in [2.75, 3.05) is 13.1 Å². The average Bonchev–Trinajstić information content (AvgIpc) is 2.61. The third-order valence-electron chi connectivity index (χ3n) is 2.88. The molecule has 0 bridgehead atoms. The average molecular weight is 240 g/mol. The van der Waals surface area contributed by atoms with E-state index in [1.807, 2.05) is 0 Å². The van der Waals surface area contributed by atoms with Crippen LogP contribution in [0.3, 0.4) is 0 Å². The number of sulfonamides is 1. The highest BCUT2D eigenvalue weighted by atomic mass is 32.2. The van der Waals surface area contributed by atoms with Gasteiger partial charge in [-0.3, -0.25) is 0 Å². The molecular formula is C10H12N2O3S. The normalized spacial score (nSPS) is 31.0. The summed E-state index contributed by atoms with van der Waals surface area (Å²) in [6, 6.07) is 6.54. The van der Waals surface area contributed by atoms with Crippen LogP contribution < -0.4 is 14.8 Å². The monoisotopic (exact) mass is 240 g/mol. The van der Waals surface area contributed by atoms with Crippen LogP contribution in [0.15, 0.2) is 29.2 Å². The number of hydrogen-bond donors (Lipinski definition) is 2. The van der Waals surface area contributed by atoms with E-state index >= 15 is 0 Å². The van der Waals surface area contributed by atoms with Crippen LogP contribution in [0.1, 0.15) is 0 Å². The molecule has 0 saturated carbocycles. The summed E-state index contributed by atoms with van der Waals surface area (Å²) in [5.41, 5.74) is 0. The van der Waals surface area contributed by atoms with Gasteiger partial charge in [-0.1, -0.05) is 12.1 Å². The maximum Gasteiger partial charge on any atom is 0.244 e. The van der Waals surface area contributed by atoms with Crippen molar-refractivity contribution in [2.45, 2.75) is 17.0 Å². The predicted molar refractivity (Wildman–Crippen MR) is 57.8 cm³/mol. The van der Waals surface area contributed by atoms with Gasteiger partial charge in [-0.05, 0) is 12.1 Å². The maximum atomic E-state index is 12.0. The van der Waals surface area contributed by atoms with Crippen molar-refractivity contribution in [3.8, 4) is 5.75 Å². The van der Waals surface area contributed by atoms with Gasteiger partial charge in [0.25, 0.3) is 0 Å². The minimum atomic E-state index is -3.45. The first kappa shape index (κ1) is 10.1. The molecule has 1 fully saturated rings. The SMILES string of the molecule is O=S1(=O)NC2CNCC2Oc2ccccc21. The molecule has 0 radical (unpaired) electrons. The summed E-state index contributed by atoms with van der Waals surface area (Å²) < 4.78 is 32.4. The Labute approximate surface area is 93.9 Å². The number of para-hydroxylation sites is 1. The van der Waals surface area contributed by atoms with E-state index in [4.69, 9.17) is 4.74 Å². The van der Waals surface area contributed by atoms with Crippen molar-refractivity contribution in [1.82, 2.24) is 10.0 Å². The molecule has 86 valence electrons. The fourth-order valence-electron chi connectivity index (χ4n) is 2.09. The lowest BCUT2D eigenvalue weighted by Crippen LogP contribution is -2.42. The summed E-state index contributed by atoms with van der Waals surface area (Å²) in [4.78, 5) is 0.226. The van der Waals surface area contributed by atoms with E-state index in [2.05, 4.69) is 10.0 Å². The third kappa shape index (κ3) is 1.50. The van der Waals surface area contributed by atoms with Crippen molar-refractivity contribution in [1.29, 1.82) is 0 Å². The second-order valence-corrected chi connectivity index (χ2v) is 5.67. The van der Waals surface area contributed by atoms with Crippen LogP contribution in [0.25, 0.3) is 0 Å². The quantitative estimate of drug-likeness (QED) is 0.653. The Kier molecular flexibility index (Phi) is 2.17. The van der Waals surface area contributed by atoms with Crippen LogP contribution in [0.2, 0.25) is 0 Å². The third-order valence-corrected chi connectivity index (χ3v) is 4.41. The standard InChI is InChI=1S/C10H12N2O3S/c13-16(14)10-4-2-1-3-8(10)15-9-6-11-5-7(9)12-16/h1-4,7,9,11-12H,5-6H2. The van der Waals surface area contributed by atoms with Crippen LogP contribution >= 0.6 is 0 Å². The van der Waals surface area contributed by atoms with E-state index in [1.165, 1.54) is 0 Å². The first-order valence-electron chi connectivity index (χ1n) is 5.15. The Balaban J connectivity index is 2.13. The van der Waals surface area contributed by atoms with Gasteiger partial charge in [0, 0.05) is 13.1 Å². The molecule has 0 aliphatic carbocycles. The summed E-state index contributed by atoms with van der Waals surface area (Å²) in [5.74, 6) is 0.436. The van der Waals surface area contributed by atoms with Crippen molar-refractivity contribution >= 4 is 10.0 Å². The smallest absolute Gasteiger partial charge is 0.244 e. The lowest BCUT2D eigenvalue weighted by molar-refractivity contribution is 0.199. The Bertz CT molecular complexity index is 515. The molecule has 6 heteroatoms. The molecule has 2 unspecified atom stereocenters. The van der Waals surface area contributed by atoms with Gasteiger partial charge in [0.1, 0.15) is 16.7 Å². The second kappa shape index (κ2) is 3.44. The molecule has 1 aromatic carbocycles. The van der Waals surface area contributed by atoms with E-state index in [-0.39, 0.29) is 17.0 Å². The Morgan fingerprint density at radius 3 is 2.94 bits per heavy atom. The summed E-state index contributed by atoms with van der Waals surface area (Å²) in [5, 5.41) is 3.11. The highest BCUT2D eigenvalue weighted by Gasteiger charge is 2.37. The number of hydrogen-bond acceptors (Lipinski definition) is 4. The largest absolute Gasteiger partial charge is 0.486 e. The topological polar surface area (TPSA) is 67.4 Å². The number of rotatable bonds is 0. The lowest BCUT2D eigenvalue weighted by Gasteiger charge is -2.15. The molecular weight excluding hydrogens is 228 g/mol. The van der Waals surface area contributed by atoms with Crippen molar-refractivity contribution in [2.24, 2.45) is 0 Å². The zero-order chi connectivity index (χ0) is 11.2. The Morgan fingerprint density at radius 2 is 2.06 bits per heavy atom. The molecule has 2 atom stereocenters. The highest BCUT2D eigenvalue weighted by Crippen LogP contribution is 2.28. The first-order valence-corrected chi connectivity index (χ1v) is 6.64. The Hall–Kier alpha value is -1.11. The highest BCUT2D eigenvalue weighted by molar-refractivity contribution is 7.89. The molecule has 2 aliphatic rings. The van der Waals surface area contributed by atoms with Gasteiger partial charge in [0.05, 0.1) is 6.04 Å². The van der Waals surface area contributed by atoms with Crippen molar-refractivity contribution in [3.05, 3.63) is 24.3 Å². The van der Waals surface area contributed by atoms with E-state index in [0.717, 1.165) is 0 Å². The predicted octanol–water partition coefficient (Wildman–Crippen LogP) is -0.302. The van der Waals surface area contributed by atoms with Gasteiger partial charge >= 0.3 is 0 Å². The molecule has 0 aromatic heterocycles. The number of ether oxygens (including phenoxy) is 1. The molecule has 1 saturated heterocycles. The van der Waals surface area contributed by atoms with Crippen LogP contribution in [0, 0.1) is 0 Å². The molecule has 3 rings (SSSR count). The van der Waals surface area contributed by atoms with Gasteiger partial charge in [-0.25, -0.2) is 13.1 Å². The zero-order valence-corrected chi connectivity index (χ0v) is 9.33. The number of benzene rings is 1. The van der Waals surface area contributed by atoms with Crippen molar-refractivity contribution in [3.63, 3.8) is 0 Å². The summed E-state index contributed by atoms with van der Waals surface area (Å²) >= 11 is 0. The fraction of sp³-hybridized carbons (Fsp3) is 0.400. The van der Waals surface area contributed by atoms with E-state index < -0.39 is 10.0 Å². The lowest BCUT2D eigenvalue weighted by atomic mass is 10.2. The molecule has 5 nitrogen and oxygen atoms in total. The number of nitrogens with one attached hydrogen (secondary N) is 2. The molecule has 2 aliphatic heterocycles. The minimum Gasteiger partial charge on any atom is -0.486 e. The van der Waals surface area contributed by atoms with Crippen LogP contribution in [0.5, 0.6) is 5.75 Å². The fourth-order valence-corrected chi connectivity index (χ4v) is 3.49. The summed E-state index contributed by atoms with van der Waals surface area (Å²) in [6.45, 7) is 1.28. The minimum absolute atomic E-state index is 0.126. The molecule has 1 aromatic rings. The van der Waals surface area contributed by atoms with E-state index in [1.54, 1.807) is 24.3 Å². The van der Waals surface area contributed by atoms with Crippen LogP contribution in [-0.4, -0.2) is 33.7 Å². The number of fused-ring (bicyclic) bond motifs is 2. The molecule has 2 heterocycles. The molecule has 0 spiro atoms.